The van der Waals surface area contributed by atoms with E-state index in [1.54, 1.807) is 12.4 Å². The molecule has 0 amide bonds. The second-order valence-electron chi connectivity index (χ2n) is 5.07. The molecule has 2 N–H and O–H groups in total. The number of anilines is 2. The van der Waals surface area contributed by atoms with Crippen molar-refractivity contribution in [2.75, 3.05) is 17.2 Å². The molecule has 4 rings (SSSR count). The molecule has 0 radical (unpaired) electrons. The van der Waals surface area contributed by atoms with Crippen LogP contribution in [0.15, 0.2) is 42.9 Å². The van der Waals surface area contributed by atoms with E-state index in [9.17, 15) is 0 Å². The fourth-order valence-corrected chi connectivity index (χ4v) is 2.91. The Hall–Kier alpha value is -2.56. The molecule has 0 aliphatic carbocycles. The second-order valence-corrected chi connectivity index (χ2v) is 5.07. The van der Waals surface area contributed by atoms with Crippen molar-refractivity contribution in [3.63, 3.8) is 0 Å². The van der Waals surface area contributed by atoms with E-state index in [1.807, 2.05) is 28.9 Å². The summed E-state index contributed by atoms with van der Waals surface area (Å²) in [5.41, 5.74) is 10.6. The largest absolute Gasteiger partial charge is 0.398 e. The van der Waals surface area contributed by atoms with Gasteiger partial charge in [0.05, 0.1) is 6.20 Å². The molecule has 5 heteroatoms. The molecule has 1 aliphatic heterocycles. The number of hydrogen-bond acceptors (Lipinski definition) is 4. The molecule has 0 saturated carbocycles. The van der Waals surface area contributed by atoms with Crippen LogP contribution in [-0.2, 0) is 13.0 Å². The first kappa shape index (κ1) is 11.3. The van der Waals surface area contributed by atoms with Gasteiger partial charge in [-0.1, -0.05) is 12.1 Å². The van der Waals surface area contributed by atoms with Gasteiger partial charge >= 0.3 is 0 Å². The van der Waals surface area contributed by atoms with Crippen LogP contribution in [0, 0.1) is 0 Å². The molecule has 100 valence electrons. The summed E-state index contributed by atoms with van der Waals surface area (Å²) in [5, 5.41) is 4.26. The number of hydrogen-bond donors (Lipinski definition) is 1. The topological polar surface area (TPSA) is 59.5 Å². The maximum Gasteiger partial charge on any atom is 0.154 e. The monoisotopic (exact) mass is 265 g/mol. The van der Waals surface area contributed by atoms with Crippen molar-refractivity contribution in [1.29, 1.82) is 0 Å². The van der Waals surface area contributed by atoms with Crippen LogP contribution >= 0.6 is 0 Å². The van der Waals surface area contributed by atoms with E-state index in [2.05, 4.69) is 21.0 Å². The Morgan fingerprint density at radius 3 is 3.05 bits per heavy atom. The minimum Gasteiger partial charge on any atom is -0.398 e. The summed E-state index contributed by atoms with van der Waals surface area (Å²) in [5.74, 6) is 0.984. The van der Waals surface area contributed by atoms with E-state index in [0.717, 1.165) is 36.5 Å². The summed E-state index contributed by atoms with van der Waals surface area (Å²) in [7, 11) is 0. The summed E-state index contributed by atoms with van der Waals surface area (Å²) in [6.45, 7) is 1.78. The molecule has 0 bridgehead atoms. The third-order valence-corrected chi connectivity index (χ3v) is 3.91. The number of nitrogens with zero attached hydrogens (tertiary/aromatic N) is 4. The number of benzene rings is 1. The molecule has 1 aromatic carbocycles. The highest BCUT2D eigenvalue weighted by Gasteiger charge is 2.20. The maximum absolute atomic E-state index is 6.05. The molecule has 5 nitrogen and oxygen atoms in total. The molecule has 2 aromatic heterocycles. The summed E-state index contributed by atoms with van der Waals surface area (Å²) < 4.78 is 1.86. The molecule has 0 atom stereocenters. The van der Waals surface area contributed by atoms with Gasteiger partial charge in [-0.05, 0) is 29.7 Å². The van der Waals surface area contributed by atoms with Gasteiger partial charge in [0.1, 0.15) is 5.52 Å². The Morgan fingerprint density at radius 1 is 1.15 bits per heavy atom. The molecule has 3 aromatic rings. The fourth-order valence-electron chi connectivity index (χ4n) is 2.91. The summed E-state index contributed by atoms with van der Waals surface area (Å²) in [6, 6.07) is 8.14. The van der Waals surface area contributed by atoms with Crippen molar-refractivity contribution in [2.45, 2.75) is 13.0 Å². The molecule has 3 heterocycles. The lowest BCUT2D eigenvalue weighted by atomic mass is 9.98. The molecule has 20 heavy (non-hydrogen) atoms. The van der Waals surface area contributed by atoms with Crippen LogP contribution in [0.5, 0.6) is 0 Å². The van der Waals surface area contributed by atoms with Gasteiger partial charge in [0.2, 0.25) is 0 Å². The van der Waals surface area contributed by atoms with Crippen LogP contribution in [0.25, 0.3) is 5.52 Å². The molecule has 1 aliphatic rings. The molecular formula is C15H15N5. The van der Waals surface area contributed by atoms with E-state index in [0.29, 0.717) is 0 Å². The average Bonchev–Trinajstić information content (AvgIpc) is 2.95. The van der Waals surface area contributed by atoms with E-state index in [4.69, 9.17) is 5.73 Å². The van der Waals surface area contributed by atoms with Gasteiger partial charge in [-0.2, -0.15) is 5.10 Å². The first-order valence-corrected chi connectivity index (χ1v) is 6.72. The van der Waals surface area contributed by atoms with Gasteiger partial charge < -0.3 is 10.6 Å². The van der Waals surface area contributed by atoms with Gasteiger partial charge in [0, 0.05) is 31.2 Å². The highest BCUT2D eigenvalue weighted by Crippen LogP contribution is 2.28. The zero-order chi connectivity index (χ0) is 13.5. The van der Waals surface area contributed by atoms with Crippen LogP contribution < -0.4 is 10.6 Å². The van der Waals surface area contributed by atoms with Crippen molar-refractivity contribution >= 4 is 17.0 Å². The third-order valence-electron chi connectivity index (χ3n) is 3.91. The molecule has 0 spiro atoms. The quantitative estimate of drug-likeness (QED) is 0.682. The molecule has 0 unspecified atom stereocenters. The van der Waals surface area contributed by atoms with Gasteiger partial charge in [-0.15, -0.1) is 0 Å². The first-order valence-electron chi connectivity index (χ1n) is 6.72. The van der Waals surface area contributed by atoms with E-state index < -0.39 is 0 Å². The Bertz CT molecular complexity index is 777. The van der Waals surface area contributed by atoms with Crippen LogP contribution in [-0.4, -0.2) is 21.1 Å². The minimum absolute atomic E-state index is 0.845. The first-order chi connectivity index (χ1) is 9.83. The van der Waals surface area contributed by atoms with Crippen molar-refractivity contribution in [2.24, 2.45) is 0 Å². The zero-order valence-electron chi connectivity index (χ0n) is 11.0. The number of nitrogens with two attached hydrogens (primary N) is 1. The Labute approximate surface area is 116 Å². The smallest absolute Gasteiger partial charge is 0.154 e. The van der Waals surface area contributed by atoms with E-state index in [1.165, 1.54) is 11.1 Å². The Balaban J connectivity index is 1.77. The van der Waals surface area contributed by atoms with Crippen LogP contribution in [0.4, 0.5) is 11.5 Å². The number of nitrogen functional groups attached to an aromatic ring is 1. The van der Waals surface area contributed by atoms with Crippen molar-refractivity contribution < 1.29 is 0 Å². The highest BCUT2D eigenvalue weighted by molar-refractivity contribution is 5.69. The lowest BCUT2D eigenvalue weighted by Gasteiger charge is -2.30. The highest BCUT2D eigenvalue weighted by atomic mass is 15.3. The maximum atomic E-state index is 6.05. The van der Waals surface area contributed by atoms with Crippen LogP contribution in [0.2, 0.25) is 0 Å². The zero-order valence-corrected chi connectivity index (χ0v) is 11.0. The van der Waals surface area contributed by atoms with Crippen LogP contribution in [0.3, 0.4) is 0 Å². The molecular weight excluding hydrogens is 250 g/mol. The normalized spacial score (nSPS) is 14.5. The van der Waals surface area contributed by atoms with Gasteiger partial charge in [0.15, 0.2) is 5.82 Å². The van der Waals surface area contributed by atoms with Crippen molar-refractivity contribution in [3.8, 4) is 0 Å². The standard InChI is InChI=1S/C15H15N5/c16-13-3-1-2-11-10-19(8-5-12(11)13)15-14-4-6-18-20(14)9-7-17-15/h1-4,6-7,9H,5,8,10,16H2. The number of rotatable bonds is 1. The SMILES string of the molecule is Nc1cccc2c1CCN(c1nccn3nccc13)C2. The average molecular weight is 265 g/mol. The second kappa shape index (κ2) is 4.23. The predicted octanol–water partition coefficient (Wildman–Crippen LogP) is 1.87. The lowest BCUT2D eigenvalue weighted by Crippen LogP contribution is -2.31. The minimum atomic E-state index is 0.845. The molecule has 0 fully saturated rings. The lowest BCUT2D eigenvalue weighted by molar-refractivity contribution is 0.721. The van der Waals surface area contributed by atoms with Crippen molar-refractivity contribution in [1.82, 2.24) is 14.6 Å². The van der Waals surface area contributed by atoms with Gasteiger partial charge in [-0.25, -0.2) is 9.50 Å². The fraction of sp³-hybridized carbons (Fsp3) is 0.200. The summed E-state index contributed by atoms with van der Waals surface area (Å²) in [6.07, 6.45) is 6.42. The van der Waals surface area contributed by atoms with Gasteiger partial charge in [-0.3, -0.25) is 0 Å². The number of aromatic nitrogens is 3. The number of fused-ring (bicyclic) bond motifs is 2. The Morgan fingerprint density at radius 2 is 2.10 bits per heavy atom. The molecule has 0 saturated heterocycles. The summed E-state index contributed by atoms with van der Waals surface area (Å²) >= 11 is 0. The van der Waals surface area contributed by atoms with Gasteiger partial charge in [0.25, 0.3) is 0 Å². The van der Waals surface area contributed by atoms with Crippen LogP contribution in [0.1, 0.15) is 11.1 Å². The van der Waals surface area contributed by atoms with E-state index in [-0.39, 0.29) is 0 Å². The van der Waals surface area contributed by atoms with E-state index >= 15 is 0 Å². The van der Waals surface area contributed by atoms with Crippen molar-refractivity contribution in [3.05, 3.63) is 54.0 Å². The third kappa shape index (κ3) is 1.63. The predicted molar refractivity (Wildman–Crippen MR) is 78.6 cm³/mol. The Kier molecular flexibility index (Phi) is 2.39. The summed E-state index contributed by atoms with van der Waals surface area (Å²) in [4.78, 5) is 6.82.